The van der Waals surface area contributed by atoms with Crippen molar-refractivity contribution in [3.8, 4) is 22.6 Å². The number of phenolic OH excluding ortho intramolecular Hbond substituents is 2. The molecule has 0 spiro atoms. The van der Waals surface area contributed by atoms with Gasteiger partial charge in [0.2, 0.25) is 0 Å². The number of hydroxylamine groups is 3. The normalized spacial score (nSPS) is 24.5. The second kappa shape index (κ2) is 5.18. The molecule has 0 bridgehead atoms. The van der Waals surface area contributed by atoms with E-state index in [0.717, 1.165) is 22.3 Å². The maximum atomic E-state index is 11.3. The fourth-order valence-corrected chi connectivity index (χ4v) is 4.70. The van der Waals surface area contributed by atoms with Crippen molar-refractivity contribution in [2.45, 2.75) is 18.9 Å². The summed E-state index contributed by atoms with van der Waals surface area (Å²) in [7, 11) is -3.29. The number of hydrogen-bond acceptors (Lipinski definition) is 6. The molecule has 1 heterocycles. The van der Waals surface area contributed by atoms with Crippen LogP contribution in [0.25, 0.3) is 11.1 Å². The van der Waals surface area contributed by atoms with Crippen molar-refractivity contribution in [2.75, 3.05) is 13.6 Å². The van der Waals surface area contributed by atoms with Gasteiger partial charge in [-0.05, 0) is 22.8 Å². The van der Waals surface area contributed by atoms with E-state index in [9.17, 15) is 23.2 Å². The quantitative estimate of drug-likeness (QED) is 0.364. The lowest BCUT2D eigenvalue weighted by molar-refractivity contribution is -1.09. The number of likely N-dealkylation sites (N-methyl/N-ethyl adjacent to an activating group) is 1. The highest BCUT2D eigenvalue weighted by molar-refractivity contribution is 7.80. The molecule has 0 fully saturated rings. The third kappa shape index (κ3) is 2.49. The number of benzene rings is 2. The van der Waals surface area contributed by atoms with Gasteiger partial charge in [-0.2, -0.15) is 4.65 Å². The molecule has 2 aromatic rings. The molecule has 7 nitrogen and oxygen atoms in total. The maximum Gasteiger partial charge on any atom is 0.268 e. The van der Waals surface area contributed by atoms with Crippen LogP contribution in [0.1, 0.15) is 22.7 Å². The smallest absolute Gasteiger partial charge is 0.268 e. The van der Waals surface area contributed by atoms with Crippen LogP contribution >= 0.6 is 0 Å². The van der Waals surface area contributed by atoms with Gasteiger partial charge in [0.15, 0.2) is 17.5 Å². The van der Waals surface area contributed by atoms with Crippen LogP contribution in [0.5, 0.6) is 11.5 Å². The van der Waals surface area contributed by atoms with E-state index in [2.05, 4.69) is 0 Å². The Balaban J connectivity index is 1.96. The first-order valence-electron chi connectivity index (χ1n) is 7.88. The van der Waals surface area contributed by atoms with Crippen molar-refractivity contribution in [1.29, 1.82) is 0 Å². The highest BCUT2D eigenvalue weighted by Crippen LogP contribution is 2.52. The first-order chi connectivity index (χ1) is 11.7. The van der Waals surface area contributed by atoms with Crippen LogP contribution in [0.3, 0.4) is 0 Å². The Morgan fingerprint density at radius 3 is 2.68 bits per heavy atom. The number of fused-ring (bicyclic) bond motifs is 2. The Morgan fingerprint density at radius 2 is 1.96 bits per heavy atom. The summed E-state index contributed by atoms with van der Waals surface area (Å²) in [6, 6.07) is 8.35. The van der Waals surface area contributed by atoms with Crippen molar-refractivity contribution in [3.05, 3.63) is 47.0 Å². The molecule has 0 saturated heterocycles. The molecule has 1 unspecified atom stereocenters. The highest BCUT2D eigenvalue weighted by Gasteiger charge is 2.47. The lowest BCUT2D eigenvalue weighted by Gasteiger charge is -2.44. The molecule has 0 radical (unpaired) electrons. The van der Waals surface area contributed by atoms with E-state index in [1.165, 1.54) is 6.07 Å². The number of hydrogen-bond donors (Lipinski definition) is 2. The molecule has 2 aromatic carbocycles. The number of quaternary nitrogens is 1. The molecule has 25 heavy (non-hydrogen) atoms. The molecular weight excluding hydrogens is 346 g/mol. The fourth-order valence-electron chi connectivity index (χ4n) is 4.11. The second-order valence-electron chi connectivity index (χ2n) is 6.70. The zero-order chi connectivity index (χ0) is 18.0. The molecule has 2 N–H and O–H groups in total. The molecule has 2 aliphatic rings. The largest absolute Gasteiger partial charge is 0.722 e. The Bertz CT molecular complexity index is 987. The fraction of sp³-hybridized carbons (Fsp3) is 0.294. The van der Waals surface area contributed by atoms with Crippen LogP contribution in [0, 0.1) is 0 Å². The second-order valence-corrected chi connectivity index (χ2v) is 7.66. The summed E-state index contributed by atoms with van der Waals surface area (Å²) in [5, 5.41) is 20.2. The van der Waals surface area contributed by atoms with Crippen LogP contribution in [0.4, 0.5) is 0 Å². The van der Waals surface area contributed by atoms with Gasteiger partial charge in [0.25, 0.3) is 10.4 Å². The molecule has 0 saturated carbocycles. The predicted molar refractivity (Wildman–Crippen MR) is 87.2 cm³/mol. The summed E-state index contributed by atoms with van der Waals surface area (Å²) in [6.07, 6.45) is 0.930. The lowest BCUT2D eigenvalue weighted by atomic mass is 9.76. The van der Waals surface area contributed by atoms with Crippen LogP contribution in [-0.4, -0.2) is 41.4 Å². The summed E-state index contributed by atoms with van der Waals surface area (Å²) in [5.41, 5.74) is 3.93. The molecule has 1 aliphatic carbocycles. The zero-order valence-electron chi connectivity index (χ0n) is 13.5. The van der Waals surface area contributed by atoms with Crippen LogP contribution in [0.15, 0.2) is 30.3 Å². The predicted octanol–water partition coefficient (Wildman–Crippen LogP) is 1.76. The van der Waals surface area contributed by atoms with Crippen LogP contribution < -0.4 is 0 Å². The first kappa shape index (κ1) is 16.3. The summed E-state index contributed by atoms with van der Waals surface area (Å²) in [5.74, 6) is -0.400. The van der Waals surface area contributed by atoms with E-state index in [4.69, 9.17) is 4.28 Å². The number of rotatable bonds is 2. The van der Waals surface area contributed by atoms with Crippen molar-refractivity contribution in [3.63, 3.8) is 0 Å². The summed E-state index contributed by atoms with van der Waals surface area (Å²) in [6.45, 7) is 0.349. The number of phenols is 2. The third-order valence-corrected chi connectivity index (χ3v) is 5.72. The monoisotopic (exact) mass is 363 g/mol. The minimum absolute atomic E-state index is 0.193. The average Bonchev–Trinajstić information content (AvgIpc) is 2.53. The molecule has 132 valence electrons. The maximum absolute atomic E-state index is 11.3. The molecule has 8 heteroatoms. The molecule has 0 aromatic heterocycles. The van der Waals surface area contributed by atoms with Crippen molar-refractivity contribution >= 4 is 10.4 Å². The van der Waals surface area contributed by atoms with E-state index in [1.807, 2.05) is 18.2 Å². The van der Waals surface area contributed by atoms with Gasteiger partial charge >= 0.3 is 0 Å². The summed E-state index contributed by atoms with van der Waals surface area (Å²) < 4.78 is 38.3. The third-order valence-electron chi connectivity index (χ3n) is 5.20. The van der Waals surface area contributed by atoms with Gasteiger partial charge in [0, 0.05) is 24.0 Å². The SMILES string of the molecule is C[N+]1(OS(=O)(=O)[O-])CCc2cccc3c2[C@H]1Cc1ccc(O)c(O)c1-3. The van der Waals surface area contributed by atoms with Crippen LogP contribution in [0.2, 0.25) is 0 Å². The first-order valence-corrected chi connectivity index (χ1v) is 9.21. The molecule has 4 rings (SSSR count). The van der Waals surface area contributed by atoms with Gasteiger partial charge in [0.1, 0.15) is 13.6 Å². The van der Waals surface area contributed by atoms with E-state index >= 15 is 0 Å². The van der Waals surface area contributed by atoms with E-state index in [0.29, 0.717) is 24.9 Å². The van der Waals surface area contributed by atoms with E-state index in [1.54, 1.807) is 13.1 Å². The standard InChI is InChI=1S/C17H17NO6S/c1-18(24-25(21,22)23)8-7-10-3-2-4-12-15(10)13(18)9-11-5-6-14(19)17(20)16(11)12/h2-6,13H,7-9H2,1H3,(H2-,19,20,21,22,23)/t13-,18?/m1/s1. The highest BCUT2D eigenvalue weighted by atomic mass is 32.3. The Kier molecular flexibility index (Phi) is 3.39. The Hall–Kier alpha value is -2.13. The molecule has 1 aliphatic heterocycles. The van der Waals surface area contributed by atoms with Gasteiger partial charge in [0.05, 0.1) is 0 Å². The number of aromatic hydroxyl groups is 2. The lowest BCUT2D eigenvalue weighted by Crippen LogP contribution is -2.53. The van der Waals surface area contributed by atoms with Gasteiger partial charge < -0.3 is 14.8 Å². The van der Waals surface area contributed by atoms with Gasteiger partial charge in [-0.25, -0.2) is 8.42 Å². The topological polar surface area (TPSA) is 107 Å². The van der Waals surface area contributed by atoms with Crippen molar-refractivity contribution in [1.82, 2.24) is 0 Å². The number of nitrogens with zero attached hydrogens (tertiary/aromatic N) is 1. The van der Waals surface area contributed by atoms with Crippen molar-refractivity contribution < 1.29 is 32.1 Å². The summed E-state index contributed by atoms with van der Waals surface area (Å²) in [4.78, 5) is 0. The van der Waals surface area contributed by atoms with Gasteiger partial charge in [-0.1, -0.05) is 28.5 Å². The molecule has 0 amide bonds. The van der Waals surface area contributed by atoms with E-state index < -0.39 is 10.4 Å². The Morgan fingerprint density at radius 1 is 1.20 bits per heavy atom. The summed E-state index contributed by atoms with van der Waals surface area (Å²) >= 11 is 0. The van der Waals surface area contributed by atoms with E-state index in [-0.39, 0.29) is 22.2 Å². The minimum Gasteiger partial charge on any atom is -0.722 e. The molecular formula is C17H17NO6S. The van der Waals surface area contributed by atoms with Crippen LogP contribution in [-0.2, 0) is 27.5 Å². The zero-order valence-corrected chi connectivity index (χ0v) is 14.3. The molecule has 2 atom stereocenters. The van der Waals surface area contributed by atoms with Gasteiger partial charge in [-0.15, -0.1) is 0 Å². The minimum atomic E-state index is -4.88. The Labute approximate surface area is 145 Å². The average molecular weight is 363 g/mol. The van der Waals surface area contributed by atoms with Gasteiger partial charge in [-0.3, -0.25) is 0 Å². The van der Waals surface area contributed by atoms with Crippen molar-refractivity contribution in [2.24, 2.45) is 0 Å².